The number of nitrogens with zero attached hydrogens (tertiary/aromatic N) is 2. The predicted molar refractivity (Wildman–Crippen MR) is 126 cm³/mol. The fraction of sp³-hybridized carbons (Fsp3) is 0.500. The number of ether oxygens (including phenoxy) is 1. The van der Waals surface area contributed by atoms with E-state index in [2.05, 4.69) is 27.5 Å². The van der Waals surface area contributed by atoms with Gasteiger partial charge in [-0.05, 0) is 54.3 Å². The molecule has 1 amide bonds. The van der Waals surface area contributed by atoms with Crippen molar-refractivity contribution in [3.8, 4) is 0 Å². The van der Waals surface area contributed by atoms with Crippen LogP contribution in [0.5, 0.6) is 0 Å². The maximum absolute atomic E-state index is 11.9. The number of furan rings is 1. The molecule has 29 heavy (non-hydrogen) atoms. The van der Waals surface area contributed by atoms with Crippen molar-refractivity contribution in [3.05, 3.63) is 46.5 Å². The number of carbonyl (C=O) groups is 1. The molecule has 0 saturated carbocycles. The van der Waals surface area contributed by atoms with E-state index in [1.807, 2.05) is 19.1 Å². The van der Waals surface area contributed by atoms with E-state index in [-0.39, 0.29) is 36.1 Å². The molecule has 3 heterocycles. The molecular formula is C20H29IN4O3S. The van der Waals surface area contributed by atoms with Crippen molar-refractivity contribution in [1.82, 2.24) is 15.5 Å². The molecule has 0 aliphatic carbocycles. The number of nitrogens with one attached hydrogen (secondary N) is 2. The Hall–Kier alpha value is -1.75. The van der Waals surface area contributed by atoms with Crippen LogP contribution in [0, 0.1) is 0 Å². The number of guanidine groups is 1. The number of halogens is 1. The monoisotopic (exact) mass is 532 g/mol. The molecule has 160 valence electrons. The molecule has 1 aliphatic heterocycles. The molecule has 1 saturated heterocycles. The van der Waals surface area contributed by atoms with E-state index in [0.29, 0.717) is 26.2 Å². The number of aliphatic imine (C=N–C) groups is 1. The van der Waals surface area contributed by atoms with Crippen molar-refractivity contribution in [2.24, 2.45) is 4.99 Å². The van der Waals surface area contributed by atoms with Crippen LogP contribution in [0.15, 0.2) is 44.6 Å². The van der Waals surface area contributed by atoms with E-state index in [4.69, 9.17) is 14.1 Å². The summed E-state index contributed by atoms with van der Waals surface area (Å²) in [7, 11) is 0. The summed E-state index contributed by atoms with van der Waals surface area (Å²) in [5, 5.41) is 11.1. The first-order valence-electron chi connectivity index (χ1n) is 9.74. The van der Waals surface area contributed by atoms with Gasteiger partial charge in [0.1, 0.15) is 5.76 Å². The van der Waals surface area contributed by atoms with Crippen LogP contribution in [0.4, 0.5) is 4.79 Å². The zero-order chi connectivity index (χ0) is 19.6. The van der Waals surface area contributed by atoms with Gasteiger partial charge in [-0.2, -0.15) is 11.3 Å². The topological polar surface area (TPSA) is 79.1 Å². The van der Waals surface area contributed by atoms with E-state index < -0.39 is 0 Å². The summed E-state index contributed by atoms with van der Waals surface area (Å²) in [6.07, 6.45) is 4.01. The Morgan fingerprint density at radius 2 is 2.21 bits per heavy atom. The van der Waals surface area contributed by atoms with Gasteiger partial charge >= 0.3 is 6.09 Å². The van der Waals surface area contributed by atoms with E-state index in [1.165, 1.54) is 5.56 Å². The Labute approximate surface area is 192 Å². The number of thiophene rings is 1. The lowest BCUT2D eigenvalue weighted by atomic mass is 10.1. The maximum atomic E-state index is 11.9. The molecule has 1 fully saturated rings. The van der Waals surface area contributed by atoms with Gasteiger partial charge in [0.05, 0.1) is 19.4 Å². The Morgan fingerprint density at radius 1 is 1.38 bits per heavy atom. The Bertz CT molecular complexity index is 729. The van der Waals surface area contributed by atoms with Gasteiger partial charge in [-0.1, -0.05) is 0 Å². The highest BCUT2D eigenvalue weighted by Crippen LogP contribution is 2.12. The highest BCUT2D eigenvalue weighted by atomic mass is 127. The van der Waals surface area contributed by atoms with Crippen molar-refractivity contribution in [2.75, 3.05) is 26.2 Å². The van der Waals surface area contributed by atoms with Crippen LogP contribution in [0.25, 0.3) is 0 Å². The molecule has 1 aliphatic rings. The lowest BCUT2D eigenvalue weighted by molar-refractivity contribution is 0.0963. The summed E-state index contributed by atoms with van der Waals surface area (Å²) in [5.41, 5.74) is 1.20. The van der Waals surface area contributed by atoms with Crippen LogP contribution in [0.3, 0.4) is 0 Å². The molecule has 2 N–H and O–H groups in total. The average Bonchev–Trinajstić information content (AvgIpc) is 3.41. The summed E-state index contributed by atoms with van der Waals surface area (Å²) in [4.78, 5) is 18.4. The summed E-state index contributed by atoms with van der Waals surface area (Å²) >= 11 is 1.68. The second kappa shape index (κ2) is 12.7. The van der Waals surface area contributed by atoms with E-state index in [0.717, 1.165) is 37.5 Å². The Balaban J connectivity index is 0.00000300. The first kappa shape index (κ1) is 23.5. The zero-order valence-electron chi connectivity index (χ0n) is 16.6. The summed E-state index contributed by atoms with van der Waals surface area (Å²) in [5.74, 6) is 1.75. The third-order valence-corrected chi connectivity index (χ3v) is 5.34. The van der Waals surface area contributed by atoms with E-state index in [9.17, 15) is 4.79 Å². The molecule has 0 aromatic carbocycles. The smallest absolute Gasteiger partial charge is 0.409 e. The number of hydrogen-bond donors (Lipinski definition) is 2. The van der Waals surface area contributed by atoms with Crippen LogP contribution >= 0.6 is 35.3 Å². The van der Waals surface area contributed by atoms with Crippen LogP contribution in [0.2, 0.25) is 0 Å². The number of piperidine rings is 1. The highest BCUT2D eigenvalue weighted by molar-refractivity contribution is 14.0. The van der Waals surface area contributed by atoms with Gasteiger partial charge < -0.3 is 24.7 Å². The fourth-order valence-electron chi connectivity index (χ4n) is 3.08. The standard InChI is InChI=1S/C20H28N4O3S.HI/c1-2-26-20(25)24-10-6-17(7-11-24)23-19(22-14-16-8-13-28-15-16)21-9-5-18-4-3-12-27-18;/h3-4,8,12-13,15,17H,2,5-7,9-11,14H2,1H3,(H2,21,22,23);1H. The quantitative estimate of drug-likeness (QED) is 0.322. The highest BCUT2D eigenvalue weighted by Gasteiger charge is 2.24. The molecule has 7 nitrogen and oxygen atoms in total. The fourth-order valence-corrected chi connectivity index (χ4v) is 3.74. The van der Waals surface area contributed by atoms with Crippen LogP contribution in [-0.2, 0) is 17.7 Å². The van der Waals surface area contributed by atoms with Gasteiger partial charge in [0.25, 0.3) is 0 Å². The number of amides is 1. The zero-order valence-corrected chi connectivity index (χ0v) is 19.8. The Kier molecular flexibility index (Phi) is 10.3. The van der Waals surface area contributed by atoms with Gasteiger partial charge in [-0.25, -0.2) is 9.79 Å². The van der Waals surface area contributed by atoms with Crippen molar-refractivity contribution in [2.45, 2.75) is 38.8 Å². The largest absolute Gasteiger partial charge is 0.469 e. The molecule has 2 aromatic rings. The molecule has 9 heteroatoms. The average molecular weight is 532 g/mol. The minimum atomic E-state index is -0.219. The Morgan fingerprint density at radius 3 is 2.86 bits per heavy atom. The number of hydrogen-bond acceptors (Lipinski definition) is 5. The van der Waals surface area contributed by atoms with Gasteiger partial charge in [0.15, 0.2) is 5.96 Å². The molecule has 0 spiro atoms. The minimum Gasteiger partial charge on any atom is -0.469 e. The van der Waals surface area contributed by atoms with Crippen LogP contribution < -0.4 is 10.6 Å². The number of likely N-dealkylation sites (tertiary alicyclic amines) is 1. The van der Waals surface area contributed by atoms with E-state index >= 15 is 0 Å². The first-order valence-corrected chi connectivity index (χ1v) is 10.7. The van der Waals surface area contributed by atoms with Crippen LogP contribution in [0.1, 0.15) is 31.1 Å². The lowest BCUT2D eigenvalue weighted by Crippen LogP contribution is -2.50. The van der Waals surface area contributed by atoms with Crippen molar-refractivity contribution >= 4 is 47.4 Å². The second-order valence-corrected chi connectivity index (χ2v) is 7.44. The second-order valence-electron chi connectivity index (χ2n) is 6.66. The number of rotatable bonds is 7. The molecule has 3 rings (SSSR count). The van der Waals surface area contributed by atoms with Crippen molar-refractivity contribution < 1.29 is 13.9 Å². The molecule has 0 atom stereocenters. The summed E-state index contributed by atoms with van der Waals surface area (Å²) in [6, 6.07) is 6.24. The molecule has 0 bridgehead atoms. The SMILES string of the molecule is CCOC(=O)N1CCC(NC(=NCc2ccsc2)NCCc2ccco2)CC1.I. The van der Waals surface area contributed by atoms with Gasteiger partial charge in [0, 0.05) is 32.1 Å². The molecular weight excluding hydrogens is 503 g/mol. The lowest BCUT2D eigenvalue weighted by Gasteiger charge is -2.32. The van der Waals surface area contributed by atoms with Crippen molar-refractivity contribution in [3.63, 3.8) is 0 Å². The van der Waals surface area contributed by atoms with Crippen molar-refractivity contribution in [1.29, 1.82) is 0 Å². The summed E-state index contributed by atoms with van der Waals surface area (Å²) in [6.45, 7) is 5.01. The third-order valence-electron chi connectivity index (χ3n) is 4.61. The first-order chi connectivity index (χ1) is 13.7. The maximum Gasteiger partial charge on any atom is 0.409 e. The van der Waals surface area contributed by atoms with Gasteiger partial charge in [-0.15, -0.1) is 24.0 Å². The predicted octanol–water partition coefficient (Wildman–Crippen LogP) is 3.86. The number of carbonyl (C=O) groups excluding carboxylic acids is 1. The summed E-state index contributed by atoms with van der Waals surface area (Å²) < 4.78 is 10.5. The van der Waals surface area contributed by atoms with Gasteiger partial charge in [0.2, 0.25) is 0 Å². The normalized spacial score (nSPS) is 14.9. The third kappa shape index (κ3) is 7.88. The van der Waals surface area contributed by atoms with E-state index in [1.54, 1.807) is 22.5 Å². The van der Waals surface area contributed by atoms with Crippen LogP contribution in [-0.4, -0.2) is 49.2 Å². The molecule has 0 radical (unpaired) electrons. The van der Waals surface area contributed by atoms with Gasteiger partial charge in [-0.3, -0.25) is 0 Å². The molecule has 2 aromatic heterocycles. The minimum absolute atomic E-state index is 0. The molecule has 0 unspecified atom stereocenters.